The Kier molecular flexibility index (Phi) is 6.59. The van der Waals surface area contributed by atoms with Crippen LogP contribution in [0.5, 0.6) is 0 Å². The Balaban J connectivity index is 1.43. The second-order valence-electron chi connectivity index (χ2n) is 7.64. The van der Waals surface area contributed by atoms with Gasteiger partial charge in [-0.3, -0.25) is 14.3 Å². The van der Waals surface area contributed by atoms with Crippen LogP contribution in [0.1, 0.15) is 45.1 Å². The number of ether oxygens (including phenoxy) is 1. The van der Waals surface area contributed by atoms with Crippen LogP contribution >= 0.6 is 0 Å². The molecule has 1 saturated heterocycles. The number of hydrogen-bond donors (Lipinski definition) is 1. The minimum absolute atomic E-state index is 0.0804. The topological polar surface area (TPSA) is 133 Å². The lowest BCUT2D eigenvalue weighted by atomic mass is 10.1. The quantitative estimate of drug-likeness (QED) is 0.474. The first kappa shape index (κ1) is 21.7. The zero-order valence-corrected chi connectivity index (χ0v) is 18.1. The van der Waals surface area contributed by atoms with Gasteiger partial charge in [-0.1, -0.05) is 10.4 Å². The molecule has 170 valence electrons. The lowest BCUT2D eigenvalue weighted by Crippen LogP contribution is -2.39. The summed E-state index contributed by atoms with van der Waals surface area (Å²) in [4.78, 5) is 27.2. The van der Waals surface area contributed by atoms with E-state index in [-0.39, 0.29) is 23.6 Å². The van der Waals surface area contributed by atoms with Crippen LogP contribution in [0.25, 0.3) is 0 Å². The van der Waals surface area contributed by atoms with E-state index in [4.69, 9.17) is 9.26 Å². The Hall–Kier alpha value is -3.54. The molecule has 0 spiro atoms. The number of aromatic nitrogens is 6. The van der Waals surface area contributed by atoms with E-state index in [2.05, 4.69) is 25.9 Å². The summed E-state index contributed by atoms with van der Waals surface area (Å²) in [5, 5.41) is 19.0. The van der Waals surface area contributed by atoms with E-state index in [1.807, 2.05) is 12.3 Å². The van der Waals surface area contributed by atoms with Gasteiger partial charge in [-0.05, 0) is 25.8 Å². The molecule has 1 atom stereocenters. The van der Waals surface area contributed by atoms with Crippen molar-refractivity contribution in [2.75, 3.05) is 26.8 Å². The van der Waals surface area contributed by atoms with E-state index in [1.165, 1.54) is 0 Å². The van der Waals surface area contributed by atoms with Crippen molar-refractivity contribution in [1.82, 2.24) is 40.1 Å². The summed E-state index contributed by atoms with van der Waals surface area (Å²) in [7, 11) is 1.57. The number of likely N-dealkylation sites (tertiary alicyclic amines) is 1. The van der Waals surface area contributed by atoms with Crippen LogP contribution in [0.3, 0.4) is 0 Å². The molecule has 3 aromatic heterocycles. The van der Waals surface area contributed by atoms with Crippen LogP contribution in [0, 0.1) is 6.92 Å². The summed E-state index contributed by atoms with van der Waals surface area (Å²) < 4.78 is 13.6. The number of methoxy groups -OCH3 is 1. The molecule has 0 bridgehead atoms. The summed E-state index contributed by atoms with van der Waals surface area (Å²) in [6.07, 6.45) is 6.80. The molecule has 0 saturated carbocycles. The zero-order chi connectivity index (χ0) is 22.5. The van der Waals surface area contributed by atoms with Gasteiger partial charge in [0.15, 0.2) is 11.4 Å². The van der Waals surface area contributed by atoms with Gasteiger partial charge in [-0.25, -0.2) is 4.68 Å². The van der Waals surface area contributed by atoms with Crippen molar-refractivity contribution in [3.8, 4) is 0 Å². The molecule has 2 amide bonds. The molecule has 12 heteroatoms. The van der Waals surface area contributed by atoms with E-state index in [1.54, 1.807) is 40.7 Å². The number of carbonyl (C=O) groups is 2. The van der Waals surface area contributed by atoms with Crippen LogP contribution in [-0.2, 0) is 17.8 Å². The molecule has 1 N–H and O–H groups in total. The maximum atomic E-state index is 13.3. The minimum Gasteiger partial charge on any atom is -0.383 e. The molecule has 3 aromatic rings. The normalized spacial score (nSPS) is 15.9. The number of nitrogens with one attached hydrogen (secondary N) is 1. The SMILES string of the molecule is COCCNC(=O)c1cn(C[C@@H]2CCCN2C(=O)c2noc(C)c2Cn2cccn2)nn1. The average Bonchev–Trinajstić information content (AvgIpc) is 3.58. The fraction of sp³-hybridized carbons (Fsp3) is 0.500. The molecule has 0 aromatic carbocycles. The van der Waals surface area contributed by atoms with Crippen molar-refractivity contribution in [3.63, 3.8) is 0 Å². The van der Waals surface area contributed by atoms with E-state index >= 15 is 0 Å². The number of hydrogen-bond acceptors (Lipinski definition) is 8. The molecule has 4 rings (SSSR count). The van der Waals surface area contributed by atoms with Gasteiger partial charge in [0, 0.05) is 38.2 Å². The van der Waals surface area contributed by atoms with Crippen molar-refractivity contribution >= 4 is 11.8 Å². The molecular weight excluding hydrogens is 416 g/mol. The standard InChI is InChI=1S/C20H26N8O4/c1-14-16(12-26-8-4-6-22-26)18(24-32-14)20(30)28-9-3-5-15(28)11-27-13-17(23-25-27)19(29)21-7-10-31-2/h4,6,8,13,15H,3,5,7,9-12H2,1-2H3,(H,21,29)/t15-/m0/s1. The first-order valence-corrected chi connectivity index (χ1v) is 10.5. The van der Waals surface area contributed by atoms with Crippen LogP contribution in [-0.4, -0.2) is 79.5 Å². The van der Waals surface area contributed by atoms with Gasteiger partial charge in [-0.15, -0.1) is 5.10 Å². The Bertz CT molecular complexity index is 1060. The number of aryl methyl sites for hydroxylation is 1. The van der Waals surface area contributed by atoms with E-state index < -0.39 is 0 Å². The van der Waals surface area contributed by atoms with Crippen molar-refractivity contribution < 1.29 is 18.8 Å². The lowest BCUT2D eigenvalue weighted by Gasteiger charge is -2.24. The number of nitrogens with zero attached hydrogens (tertiary/aromatic N) is 7. The van der Waals surface area contributed by atoms with Gasteiger partial charge < -0.3 is 19.5 Å². The molecule has 0 unspecified atom stereocenters. The number of amides is 2. The highest BCUT2D eigenvalue weighted by atomic mass is 16.5. The van der Waals surface area contributed by atoms with Gasteiger partial charge in [0.25, 0.3) is 11.8 Å². The Morgan fingerprint density at radius 1 is 1.34 bits per heavy atom. The highest BCUT2D eigenvalue weighted by Gasteiger charge is 2.33. The van der Waals surface area contributed by atoms with Crippen LogP contribution < -0.4 is 5.32 Å². The highest BCUT2D eigenvalue weighted by molar-refractivity contribution is 5.94. The van der Waals surface area contributed by atoms with Crippen LogP contribution in [0.2, 0.25) is 0 Å². The van der Waals surface area contributed by atoms with Crippen LogP contribution in [0.4, 0.5) is 0 Å². The highest BCUT2D eigenvalue weighted by Crippen LogP contribution is 2.24. The van der Waals surface area contributed by atoms with E-state index in [9.17, 15) is 9.59 Å². The maximum absolute atomic E-state index is 13.3. The Morgan fingerprint density at radius 2 is 2.22 bits per heavy atom. The molecule has 4 heterocycles. The summed E-state index contributed by atoms with van der Waals surface area (Å²) in [5.74, 6) is 0.109. The molecule has 1 aliphatic rings. The smallest absolute Gasteiger partial charge is 0.276 e. The monoisotopic (exact) mass is 442 g/mol. The lowest BCUT2D eigenvalue weighted by molar-refractivity contribution is 0.0709. The van der Waals surface area contributed by atoms with Crippen molar-refractivity contribution in [2.24, 2.45) is 0 Å². The number of rotatable bonds is 9. The molecular formula is C20H26N8O4. The molecule has 12 nitrogen and oxygen atoms in total. The fourth-order valence-corrected chi connectivity index (χ4v) is 3.80. The maximum Gasteiger partial charge on any atom is 0.276 e. The zero-order valence-electron chi connectivity index (χ0n) is 18.1. The summed E-state index contributed by atoms with van der Waals surface area (Å²) in [6.45, 7) is 4.07. The average molecular weight is 442 g/mol. The van der Waals surface area contributed by atoms with Gasteiger partial charge in [0.2, 0.25) is 0 Å². The molecule has 0 aliphatic carbocycles. The molecule has 1 fully saturated rings. The number of carbonyl (C=O) groups excluding carboxylic acids is 2. The summed E-state index contributed by atoms with van der Waals surface area (Å²) in [5.41, 5.74) is 1.26. The predicted molar refractivity (Wildman–Crippen MR) is 111 cm³/mol. The largest absolute Gasteiger partial charge is 0.383 e. The Labute approximate surface area is 184 Å². The first-order chi connectivity index (χ1) is 15.6. The van der Waals surface area contributed by atoms with Gasteiger partial charge in [-0.2, -0.15) is 5.10 Å². The summed E-state index contributed by atoms with van der Waals surface area (Å²) in [6, 6.07) is 1.74. The second-order valence-corrected chi connectivity index (χ2v) is 7.64. The minimum atomic E-state index is -0.311. The van der Waals surface area contributed by atoms with Gasteiger partial charge >= 0.3 is 0 Å². The second kappa shape index (κ2) is 9.73. The third-order valence-corrected chi connectivity index (χ3v) is 5.47. The fourth-order valence-electron chi connectivity index (χ4n) is 3.80. The Morgan fingerprint density at radius 3 is 3.00 bits per heavy atom. The van der Waals surface area contributed by atoms with Gasteiger partial charge in [0.05, 0.1) is 31.9 Å². The molecule has 0 radical (unpaired) electrons. The van der Waals surface area contributed by atoms with Crippen molar-refractivity contribution in [2.45, 2.75) is 38.9 Å². The third-order valence-electron chi connectivity index (χ3n) is 5.47. The van der Waals surface area contributed by atoms with Crippen molar-refractivity contribution in [1.29, 1.82) is 0 Å². The van der Waals surface area contributed by atoms with E-state index in [0.29, 0.717) is 44.2 Å². The molecule has 1 aliphatic heterocycles. The molecule has 32 heavy (non-hydrogen) atoms. The van der Waals surface area contributed by atoms with E-state index in [0.717, 1.165) is 18.4 Å². The summed E-state index contributed by atoms with van der Waals surface area (Å²) >= 11 is 0. The third kappa shape index (κ3) is 4.69. The van der Waals surface area contributed by atoms with Gasteiger partial charge in [0.1, 0.15) is 5.76 Å². The van der Waals surface area contributed by atoms with Crippen molar-refractivity contribution in [3.05, 3.63) is 47.4 Å². The first-order valence-electron chi connectivity index (χ1n) is 10.5. The van der Waals surface area contributed by atoms with Crippen LogP contribution in [0.15, 0.2) is 29.2 Å². The predicted octanol–water partition coefficient (Wildman–Crippen LogP) is 0.500.